The second kappa shape index (κ2) is 22.2. The number of nitrogens with zero attached hydrogens (tertiary/aromatic N) is 2. The summed E-state index contributed by atoms with van der Waals surface area (Å²) in [5.41, 5.74) is 24.0. The van der Waals surface area contributed by atoms with E-state index in [1.54, 1.807) is 8.79 Å². The fourth-order valence-corrected chi connectivity index (χ4v) is 59.0. The Morgan fingerprint density at radius 3 is 0.556 bits per heavy atom. The van der Waals surface area contributed by atoms with Gasteiger partial charge >= 0.3 is 455 Å². The van der Waals surface area contributed by atoms with Crippen LogP contribution < -0.4 is 8.79 Å². The zero-order valence-corrected chi connectivity index (χ0v) is 55.1. The Bertz CT molecular complexity index is 2420. The summed E-state index contributed by atoms with van der Waals surface area (Å²) >= 11 is -5.30. The molecule has 0 atom stereocenters. The Morgan fingerprint density at radius 1 is 0.264 bits per heavy atom. The molecule has 1 fully saturated rings. The van der Waals surface area contributed by atoms with Crippen molar-refractivity contribution in [2.45, 2.75) is 197 Å². The van der Waals surface area contributed by atoms with E-state index in [1.807, 2.05) is 0 Å². The van der Waals surface area contributed by atoms with E-state index in [1.165, 1.54) is 89.0 Å². The van der Waals surface area contributed by atoms with Crippen LogP contribution in [0, 0.1) is 0 Å². The van der Waals surface area contributed by atoms with Gasteiger partial charge in [-0.05, 0) is 0 Å². The number of rotatable bonds is 16. The summed E-state index contributed by atoms with van der Waals surface area (Å²) in [6.45, 7) is 55.1. The first kappa shape index (κ1) is 56.5. The molecule has 1 saturated heterocycles. The van der Waals surface area contributed by atoms with Crippen LogP contribution in [0.4, 0.5) is 0 Å². The molecule has 2 nitrogen and oxygen atoms in total. The minimum atomic E-state index is -2.65. The third kappa shape index (κ3) is 10.6. The van der Waals surface area contributed by atoms with E-state index in [9.17, 15) is 0 Å². The van der Waals surface area contributed by atoms with Gasteiger partial charge in [0.25, 0.3) is 0 Å². The van der Waals surface area contributed by atoms with Crippen molar-refractivity contribution >= 4 is 54.9 Å². The predicted octanol–water partition coefficient (Wildman–Crippen LogP) is 18.7. The van der Waals surface area contributed by atoms with Crippen molar-refractivity contribution in [3.05, 3.63) is 154 Å². The third-order valence-electron chi connectivity index (χ3n) is 15.3. The molecule has 6 aromatic rings. The quantitative estimate of drug-likeness (QED) is 0.0891. The number of hydrogen-bond donors (Lipinski definition) is 0. The van der Waals surface area contributed by atoms with Gasteiger partial charge in [0.2, 0.25) is 0 Å². The topological polar surface area (TPSA) is 6.48 Å². The minimum absolute atomic E-state index is 0.391. The molecule has 0 aliphatic carbocycles. The summed E-state index contributed by atoms with van der Waals surface area (Å²) in [4.78, 5) is 0. The van der Waals surface area contributed by atoms with E-state index in [4.69, 9.17) is 0 Å². The summed E-state index contributed by atoms with van der Waals surface area (Å²) in [7, 11) is -4.21. The summed E-state index contributed by atoms with van der Waals surface area (Å²) in [5, 5.41) is 0. The Kier molecular flexibility index (Phi) is 17.4. The van der Waals surface area contributed by atoms with Crippen molar-refractivity contribution in [3.63, 3.8) is 0 Å². The summed E-state index contributed by atoms with van der Waals surface area (Å²) in [6.07, 6.45) is 0. The molecule has 382 valence electrons. The first-order valence-electron chi connectivity index (χ1n) is 27.9. The van der Waals surface area contributed by atoms with Crippen LogP contribution in [0.1, 0.15) is 203 Å². The van der Waals surface area contributed by atoms with Gasteiger partial charge in [-0.1, -0.05) is 0 Å². The summed E-state index contributed by atoms with van der Waals surface area (Å²) in [6, 6.07) is 44.3. The van der Waals surface area contributed by atoms with Gasteiger partial charge in [-0.15, -0.1) is 0 Å². The normalized spacial score (nSPS) is 14.8. The van der Waals surface area contributed by atoms with E-state index in [-0.39, 0.29) is 0 Å². The van der Waals surface area contributed by atoms with E-state index >= 15 is 0 Å². The molecule has 2 radical (unpaired) electrons. The summed E-state index contributed by atoms with van der Waals surface area (Å²) in [5.74, 6) is 3.13. The molecule has 0 N–H and O–H groups in total. The molecule has 0 aromatic heterocycles. The van der Waals surface area contributed by atoms with E-state index in [0.717, 1.165) is 0 Å². The molecule has 6 aromatic carbocycles. The van der Waals surface area contributed by atoms with Crippen LogP contribution in [0.5, 0.6) is 0 Å². The van der Waals surface area contributed by atoms with Crippen LogP contribution in [0.15, 0.2) is 109 Å². The van der Waals surface area contributed by atoms with Gasteiger partial charge in [-0.2, -0.15) is 0 Å². The zero-order valence-electron chi connectivity index (χ0n) is 48.9. The number of hydrogen-bond acceptors (Lipinski definition) is 2. The fourth-order valence-electron chi connectivity index (χ4n) is 11.9. The molecule has 6 heteroatoms. The SMILES string of the molecule is CC(C)c1cccc(C(C)C)c1-c1cccc(-c2c(C(C)C)cccc2C(C)C)[c]1[Ge]1[N]([Si](C)(C)C)[Ge]([c]2c(-c3c(C(C)C)cccc3C(C)C)cccc2-c2c(C(C)C)cccc2C(C)C)[N]1[Si](C)(C)C. The first-order chi connectivity index (χ1) is 33.7. The zero-order chi connectivity index (χ0) is 53.0. The molecule has 0 saturated carbocycles. The third-order valence-corrected chi connectivity index (χ3v) is 56.2. The van der Waals surface area contributed by atoms with Crippen molar-refractivity contribution in [3.8, 4) is 44.5 Å². The van der Waals surface area contributed by atoms with E-state index in [2.05, 4.69) is 264 Å². The monoisotopic (exact) mass is 1120 g/mol. The molecule has 1 aliphatic heterocycles. The van der Waals surface area contributed by atoms with Crippen LogP contribution in [0.2, 0.25) is 39.3 Å². The van der Waals surface area contributed by atoms with Crippen LogP contribution in [-0.4, -0.2) is 51.0 Å². The standard InChI is InChI=1S/C66H92Ge2N2Si2/c1-41(2)49-29-23-30-50(42(3)4)61(49)57-37-27-38-58(62-51(43(5)6)31-24-32-52(62)44(7)8)65(57)67-69(71(17,18)19)68(70(67)72(20,21)22)66-59(63-53(45(9)10)33-25-34-54(63)46(11)12)39-28-40-60(66)64-55(47(13)14)35-26-36-56(64)48(15)16/h23-48H,1-22H3. The fraction of sp³-hybridized carbons (Fsp3) is 0.455. The second-order valence-electron chi connectivity index (χ2n) is 25.6. The Labute approximate surface area is 452 Å². The Morgan fingerprint density at radius 2 is 0.417 bits per heavy atom. The second-order valence-corrected chi connectivity index (χ2v) is 51.4. The molecule has 0 bridgehead atoms. The van der Waals surface area contributed by atoms with Crippen LogP contribution in [-0.2, 0) is 0 Å². The van der Waals surface area contributed by atoms with Gasteiger partial charge in [0.15, 0.2) is 0 Å². The van der Waals surface area contributed by atoms with Crippen LogP contribution >= 0.6 is 0 Å². The molecular weight excluding hydrogens is 1020 g/mol. The maximum absolute atomic E-state index is 3.47. The Balaban J connectivity index is 1.74. The average molecular weight is 1110 g/mol. The molecular formula is C66H92Ge2N2Si2. The van der Waals surface area contributed by atoms with Gasteiger partial charge in [0.05, 0.1) is 0 Å². The van der Waals surface area contributed by atoms with Gasteiger partial charge < -0.3 is 0 Å². The van der Waals surface area contributed by atoms with Crippen molar-refractivity contribution in [1.82, 2.24) is 4.96 Å². The van der Waals surface area contributed by atoms with Gasteiger partial charge in [0, 0.05) is 0 Å². The molecule has 0 unspecified atom stereocenters. The van der Waals surface area contributed by atoms with Gasteiger partial charge in [0.1, 0.15) is 0 Å². The first-order valence-corrected chi connectivity index (χ1v) is 40.6. The van der Waals surface area contributed by atoms with Gasteiger partial charge in [-0.25, -0.2) is 0 Å². The molecule has 0 spiro atoms. The predicted molar refractivity (Wildman–Crippen MR) is 328 cm³/mol. The van der Waals surface area contributed by atoms with Gasteiger partial charge in [-0.3, -0.25) is 0 Å². The molecule has 7 rings (SSSR count). The van der Waals surface area contributed by atoms with Crippen molar-refractivity contribution < 1.29 is 0 Å². The molecule has 1 aliphatic rings. The molecule has 1 heterocycles. The van der Waals surface area contributed by atoms with Crippen LogP contribution in [0.3, 0.4) is 0 Å². The average Bonchev–Trinajstić information content (AvgIpc) is 3.29. The molecule has 0 amide bonds. The van der Waals surface area contributed by atoms with Crippen molar-refractivity contribution in [2.75, 3.05) is 0 Å². The number of benzene rings is 6. The summed E-state index contributed by atoms with van der Waals surface area (Å²) < 4.78 is 10.4. The van der Waals surface area contributed by atoms with Crippen molar-refractivity contribution in [1.29, 1.82) is 0 Å². The Hall–Kier alpha value is -3.24. The van der Waals surface area contributed by atoms with E-state index in [0.29, 0.717) is 47.3 Å². The maximum atomic E-state index is 3.47. The van der Waals surface area contributed by atoms with Crippen LogP contribution in [0.25, 0.3) is 44.5 Å². The van der Waals surface area contributed by atoms with E-state index < -0.39 is 46.1 Å². The molecule has 72 heavy (non-hydrogen) atoms. The van der Waals surface area contributed by atoms with Crippen molar-refractivity contribution in [2.24, 2.45) is 0 Å².